The van der Waals surface area contributed by atoms with Gasteiger partial charge in [-0.2, -0.15) is 0 Å². The molecule has 126 valence electrons. The molecule has 1 saturated heterocycles. The average molecular weight is 385 g/mol. The van der Waals surface area contributed by atoms with Crippen LogP contribution in [0.25, 0.3) is 0 Å². The van der Waals surface area contributed by atoms with Crippen LogP contribution in [-0.4, -0.2) is 48.0 Å². The molecule has 3 rings (SSSR count). The van der Waals surface area contributed by atoms with Crippen molar-refractivity contribution in [1.82, 2.24) is 10.3 Å². The number of halogens is 1. The van der Waals surface area contributed by atoms with Crippen molar-refractivity contribution in [3.05, 3.63) is 28.5 Å². The number of hydrogen-bond acceptors (Lipinski definition) is 5. The Morgan fingerprint density at radius 3 is 2.74 bits per heavy atom. The minimum atomic E-state index is -0.953. The molecule has 0 atom stereocenters. The lowest BCUT2D eigenvalue weighted by Crippen LogP contribution is -2.54. The molecular formula is C16H21BrN2O4. The quantitative estimate of drug-likeness (QED) is 0.773. The second-order valence-electron chi connectivity index (χ2n) is 6.25. The number of morpholine rings is 1. The third-order valence-electron chi connectivity index (χ3n) is 4.83. The Balaban J connectivity index is 1.79. The predicted molar refractivity (Wildman–Crippen MR) is 87.2 cm³/mol. The Morgan fingerprint density at radius 2 is 2.17 bits per heavy atom. The summed E-state index contributed by atoms with van der Waals surface area (Å²) in [5.74, 6) is -0.953. The summed E-state index contributed by atoms with van der Waals surface area (Å²) in [6, 6.07) is 3.82. The standard InChI is InChI=1S/C16H21BrN2O4/c17-13-2-1-12(9-19-13)16(23-10-14(20)21)5-3-15(4-6-16)11-18-7-8-22-15/h1-2,9,18H,3-8,10-11H2,(H,20,21). The molecule has 1 spiro atoms. The van der Waals surface area contributed by atoms with Gasteiger partial charge in [0.25, 0.3) is 0 Å². The van der Waals surface area contributed by atoms with Crippen molar-refractivity contribution < 1.29 is 19.4 Å². The second kappa shape index (κ2) is 6.84. The van der Waals surface area contributed by atoms with E-state index in [1.54, 1.807) is 6.20 Å². The monoisotopic (exact) mass is 384 g/mol. The lowest BCUT2D eigenvalue weighted by molar-refractivity contribution is -0.168. The maximum Gasteiger partial charge on any atom is 0.329 e. The fourth-order valence-corrected chi connectivity index (χ4v) is 3.73. The maximum atomic E-state index is 11.0. The highest BCUT2D eigenvalue weighted by molar-refractivity contribution is 9.10. The van der Waals surface area contributed by atoms with Gasteiger partial charge >= 0.3 is 5.97 Å². The van der Waals surface area contributed by atoms with E-state index in [4.69, 9.17) is 14.6 Å². The van der Waals surface area contributed by atoms with Gasteiger partial charge < -0.3 is 19.9 Å². The van der Waals surface area contributed by atoms with Gasteiger partial charge in [0, 0.05) is 24.8 Å². The molecule has 0 amide bonds. The first kappa shape index (κ1) is 16.8. The van der Waals surface area contributed by atoms with Crippen molar-refractivity contribution in [2.75, 3.05) is 26.3 Å². The van der Waals surface area contributed by atoms with Crippen molar-refractivity contribution in [3.63, 3.8) is 0 Å². The molecule has 1 aliphatic carbocycles. The minimum Gasteiger partial charge on any atom is -0.480 e. The molecule has 1 aromatic heterocycles. The van der Waals surface area contributed by atoms with Crippen LogP contribution in [0.15, 0.2) is 22.9 Å². The van der Waals surface area contributed by atoms with Gasteiger partial charge in [0.2, 0.25) is 0 Å². The fourth-order valence-electron chi connectivity index (χ4n) is 3.50. The number of nitrogens with zero attached hydrogens (tertiary/aromatic N) is 1. The molecule has 0 radical (unpaired) electrons. The highest BCUT2D eigenvalue weighted by Crippen LogP contribution is 2.45. The van der Waals surface area contributed by atoms with Crippen LogP contribution in [0.1, 0.15) is 31.2 Å². The van der Waals surface area contributed by atoms with E-state index in [-0.39, 0.29) is 12.2 Å². The normalized spacial score (nSPS) is 31.2. The van der Waals surface area contributed by atoms with E-state index in [1.807, 2.05) is 12.1 Å². The number of ether oxygens (including phenoxy) is 2. The molecule has 2 N–H and O–H groups in total. The zero-order valence-electron chi connectivity index (χ0n) is 12.9. The van der Waals surface area contributed by atoms with Crippen LogP contribution in [0.5, 0.6) is 0 Å². The van der Waals surface area contributed by atoms with E-state index >= 15 is 0 Å². The Kier molecular flexibility index (Phi) is 5.01. The minimum absolute atomic E-state index is 0.142. The van der Waals surface area contributed by atoms with Crippen molar-refractivity contribution in [2.24, 2.45) is 0 Å². The number of aromatic nitrogens is 1. The van der Waals surface area contributed by atoms with Gasteiger partial charge in [-0.3, -0.25) is 0 Å². The first-order chi connectivity index (χ1) is 11.0. The summed E-state index contributed by atoms with van der Waals surface area (Å²) in [5.41, 5.74) is 0.190. The summed E-state index contributed by atoms with van der Waals surface area (Å²) in [6.07, 6.45) is 4.91. The molecule has 1 saturated carbocycles. The SMILES string of the molecule is O=C(O)COC1(c2ccc(Br)nc2)CCC2(CC1)CNCCO2. The molecule has 0 bridgehead atoms. The Morgan fingerprint density at radius 1 is 1.39 bits per heavy atom. The maximum absolute atomic E-state index is 11.0. The van der Waals surface area contributed by atoms with Crippen LogP contribution in [0.4, 0.5) is 0 Å². The molecule has 6 nitrogen and oxygen atoms in total. The first-order valence-electron chi connectivity index (χ1n) is 7.86. The summed E-state index contributed by atoms with van der Waals surface area (Å²) in [6.45, 7) is 2.16. The van der Waals surface area contributed by atoms with Crippen molar-refractivity contribution in [3.8, 4) is 0 Å². The molecule has 7 heteroatoms. The van der Waals surface area contributed by atoms with E-state index in [1.165, 1.54) is 0 Å². The first-order valence-corrected chi connectivity index (χ1v) is 8.65. The van der Waals surface area contributed by atoms with Gasteiger partial charge in [-0.25, -0.2) is 9.78 Å². The number of carboxylic acids is 1. The molecule has 0 unspecified atom stereocenters. The third-order valence-corrected chi connectivity index (χ3v) is 5.30. The van der Waals surface area contributed by atoms with Crippen LogP contribution in [-0.2, 0) is 19.9 Å². The Bertz CT molecular complexity index is 548. The van der Waals surface area contributed by atoms with E-state index in [0.717, 1.165) is 55.5 Å². The number of pyridine rings is 1. The number of aliphatic carboxylic acids is 1. The van der Waals surface area contributed by atoms with Crippen LogP contribution in [0.3, 0.4) is 0 Å². The molecule has 2 aliphatic rings. The van der Waals surface area contributed by atoms with Gasteiger partial charge in [0.15, 0.2) is 0 Å². The largest absolute Gasteiger partial charge is 0.480 e. The summed E-state index contributed by atoms with van der Waals surface area (Å²) < 4.78 is 12.6. The highest BCUT2D eigenvalue weighted by Gasteiger charge is 2.46. The number of hydrogen-bond donors (Lipinski definition) is 2. The predicted octanol–water partition coefficient (Wildman–Crippen LogP) is 2.07. The average Bonchev–Trinajstić information content (AvgIpc) is 2.56. The summed E-state index contributed by atoms with van der Waals surface area (Å²) in [7, 11) is 0. The molecule has 0 aromatic carbocycles. The van der Waals surface area contributed by atoms with E-state index < -0.39 is 11.6 Å². The van der Waals surface area contributed by atoms with Crippen LogP contribution < -0.4 is 5.32 Å². The highest BCUT2D eigenvalue weighted by atomic mass is 79.9. The van der Waals surface area contributed by atoms with Gasteiger partial charge in [-0.15, -0.1) is 0 Å². The fraction of sp³-hybridized carbons (Fsp3) is 0.625. The smallest absolute Gasteiger partial charge is 0.329 e. The topological polar surface area (TPSA) is 80.7 Å². The van der Waals surface area contributed by atoms with E-state index in [0.29, 0.717) is 0 Å². The summed E-state index contributed by atoms with van der Waals surface area (Å²) in [5, 5.41) is 12.4. The number of rotatable bonds is 4. The molecule has 2 heterocycles. The number of nitrogens with one attached hydrogen (secondary N) is 1. The molecule has 23 heavy (non-hydrogen) atoms. The van der Waals surface area contributed by atoms with Crippen LogP contribution in [0, 0.1) is 0 Å². The van der Waals surface area contributed by atoms with Crippen molar-refractivity contribution in [1.29, 1.82) is 0 Å². The van der Waals surface area contributed by atoms with Gasteiger partial charge in [0.05, 0.1) is 17.8 Å². The van der Waals surface area contributed by atoms with Crippen molar-refractivity contribution >= 4 is 21.9 Å². The molecular weight excluding hydrogens is 364 g/mol. The second-order valence-corrected chi connectivity index (χ2v) is 7.07. The number of carbonyl (C=O) groups is 1. The molecule has 2 fully saturated rings. The molecule has 1 aliphatic heterocycles. The van der Waals surface area contributed by atoms with Gasteiger partial charge in [-0.1, -0.05) is 6.07 Å². The van der Waals surface area contributed by atoms with Crippen molar-refractivity contribution in [2.45, 2.75) is 36.9 Å². The lowest BCUT2D eigenvalue weighted by atomic mass is 9.72. The zero-order valence-corrected chi connectivity index (χ0v) is 14.5. The van der Waals surface area contributed by atoms with Crippen LogP contribution >= 0.6 is 15.9 Å². The number of carboxylic acid groups (broad SMARTS) is 1. The Labute approximate surface area is 143 Å². The Hall–Kier alpha value is -1.02. The zero-order chi connectivity index (χ0) is 16.3. The summed E-state index contributed by atoms with van der Waals surface area (Å²) >= 11 is 3.33. The summed E-state index contributed by atoms with van der Waals surface area (Å²) in [4.78, 5) is 15.3. The van der Waals surface area contributed by atoms with Gasteiger partial charge in [-0.05, 0) is 47.7 Å². The van der Waals surface area contributed by atoms with Crippen LogP contribution in [0.2, 0.25) is 0 Å². The van der Waals surface area contributed by atoms with E-state index in [2.05, 4.69) is 26.2 Å². The van der Waals surface area contributed by atoms with Gasteiger partial charge in [0.1, 0.15) is 11.2 Å². The lowest BCUT2D eigenvalue weighted by Gasteiger charge is -2.47. The molecule has 1 aromatic rings. The third kappa shape index (κ3) is 3.74. The van der Waals surface area contributed by atoms with E-state index in [9.17, 15) is 4.79 Å².